The summed E-state index contributed by atoms with van der Waals surface area (Å²) in [5.41, 5.74) is 1.34. The number of amides is 1. The van der Waals surface area contributed by atoms with Gasteiger partial charge < -0.3 is 19.5 Å². The SMILES string of the molecule is O=C(Cc1ccc2c(c1)OCCO2)Nc1cc(Cl)ccc1Oc1ccccc1. The molecule has 3 aromatic rings. The molecule has 1 N–H and O–H groups in total. The summed E-state index contributed by atoms with van der Waals surface area (Å²) in [5.74, 6) is 2.37. The normalized spacial score (nSPS) is 12.3. The molecule has 0 unspecified atom stereocenters. The van der Waals surface area contributed by atoms with Crippen molar-refractivity contribution in [2.75, 3.05) is 18.5 Å². The summed E-state index contributed by atoms with van der Waals surface area (Å²) in [7, 11) is 0. The van der Waals surface area contributed by atoms with Crippen LogP contribution >= 0.6 is 11.6 Å². The molecule has 0 radical (unpaired) electrons. The Morgan fingerprint density at radius 1 is 0.964 bits per heavy atom. The third kappa shape index (κ3) is 4.38. The predicted octanol–water partition coefficient (Wildman–Crippen LogP) is 5.08. The zero-order valence-electron chi connectivity index (χ0n) is 15.0. The summed E-state index contributed by atoms with van der Waals surface area (Å²) in [6, 6.07) is 20.0. The highest BCUT2D eigenvalue weighted by Crippen LogP contribution is 2.33. The molecule has 5 nitrogen and oxygen atoms in total. The molecular weight excluding hydrogens is 378 g/mol. The average molecular weight is 396 g/mol. The van der Waals surface area contributed by atoms with E-state index in [0.29, 0.717) is 46.9 Å². The number of rotatable bonds is 5. The van der Waals surface area contributed by atoms with Crippen LogP contribution in [0.3, 0.4) is 0 Å². The Bertz CT molecular complexity index is 991. The van der Waals surface area contributed by atoms with Gasteiger partial charge in [0.15, 0.2) is 17.2 Å². The smallest absolute Gasteiger partial charge is 0.228 e. The molecule has 0 bridgehead atoms. The quantitative estimate of drug-likeness (QED) is 0.654. The van der Waals surface area contributed by atoms with Crippen LogP contribution in [0.4, 0.5) is 5.69 Å². The number of anilines is 1. The van der Waals surface area contributed by atoms with Gasteiger partial charge in [-0.2, -0.15) is 0 Å². The summed E-state index contributed by atoms with van der Waals surface area (Å²) >= 11 is 6.11. The molecule has 0 saturated heterocycles. The van der Waals surface area contributed by atoms with Gasteiger partial charge in [-0.1, -0.05) is 35.9 Å². The van der Waals surface area contributed by atoms with Gasteiger partial charge in [0.1, 0.15) is 19.0 Å². The topological polar surface area (TPSA) is 56.8 Å². The number of nitrogens with one attached hydrogen (secondary N) is 1. The van der Waals surface area contributed by atoms with Crippen molar-refractivity contribution in [2.45, 2.75) is 6.42 Å². The van der Waals surface area contributed by atoms with Crippen LogP contribution in [0.2, 0.25) is 5.02 Å². The van der Waals surface area contributed by atoms with Gasteiger partial charge in [-0.25, -0.2) is 0 Å². The number of para-hydroxylation sites is 1. The molecule has 0 spiro atoms. The molecule has 0 aromatic heterocycles. The highest BCUT2D eigenvalue weighted by Gasteiger charge is 2.15. The molecule has 4 rings (SSSR count). The second kappa shape index (κ2) is 8.23. The summed E-state index contributed by atoms with van der Waals surface area (Å²) in [4.78, 5) is 12.6. The first-order valence-corrected chi connectivity index (χ1v) is 9.26. The number of ether oxygens (including phenoxy) is 3. The van der Waals surface area contributed by atoms with Crippen LogP contribution in [0.1, 0.15) is 5.56 Å². The third-order valence-corrected chi connectivity index (χ3v) is 4.39. The Morgan fingerprint density at radius 2 is 1.75 bits per heavy atom. The minimum atomic E-state index is -0.183. The van der Waals surface area contributed by atoms with Crippen molar-refractivity contribution in [3.05, 3.63) is 77.3 Å². The number of benzene rings is 3. The first-order chi connectivity index (χ1) is 13.7. The van der Waals surface area contributed by atoms with Crippen molar-refractivity contribution < 1.29 is 19.0 Å². The van der Waals surface area contributed by atoms with Crippen molar-refractivity contribution in [3.63, 3.8) is 0 Å². The van der Waals surface area contributed by atoms with Crippen molar-refractivity contribution >= 4 is 23.2 Å². The van der Waals surface area contributed by atoms with E-state index in [4.69, 9.17) is 25.8 Å². The van der Waals surface area contributed by atoms with Gasteiger partial charge in [0.05, 0.1) is 12.1 Å². The number of hydrogen-bond acceptors (Lipinski definition) is 4. The molecule has 1 heterocycles. The van der Waals surface area contributed by atoms with E-state index in [1.54, 1.807) is 18.2 Å². The van der Waals surface area contributed by atoms with Crippen LogP contribution in [0.15, 0.2) is 66.7 Å². The second-order valence-corrected chi connectivity index (χ2v) is 6.69. The average Bonchev–Trinajstić information content (AvgIpc) is 2.71. The van der Waals surface area contributed by atoms with Crippen LogP contribution in [-0.4, -0.2) is 19.1 Å². The monoisotopic (exact) mass is 395 g/mol. The minimum Gasteiger partial charge on any atom is -0.486 e. The largest absolute Gasteiger partial charge is 0.486 e. The van der Waals surface area contributed by atoms with E-state index >= 15 is 0 Å². The first kappa shape index (κ1) is 18.2. The van der Waals surface area contributed by atoms with Crippen molar-refractivity contribution in [1.29, 1.82) is 0 Å². The molecule has 6 heteroatoms. The Hall–Kier alpha value is -3.18. The zero-order chi connectivity index (χ0) is 19.3. The fraction of sp³-hybridized carbons (Fsp3) is 0.136. The fourth-order valence-electron chi connectivity index (χ4n) is 2.88. The van der Waals surface area contributed by atoms with E-state index in [9.17, 15) is 4.79 Å². The summed E-state index contributed by atoms with van der Waals surface area (Å²) in [6.45, 7) is 1.04. The molecule has 3 aromatic carbocycles. The Kier molecular flexibility index (Phi) is 5.35. The Morgan fingerprint density at radius 3 is 2.57 bits per heavy atom. The lowest BCUT2D eigenvalue weighted by atomic mass is 10.1. The van der Waals surface area contributed by atoms with Crippen LogP contribution in [-0.2, 0) is 11.2 Å². The predicted molar refractivity (Wildman–Crippen MR) is 108 cm³/mol. The molecule has 0 aliphatic carbocycles. The molecule has 1 aliphatic heterocycles. The van der Waals surface area contributed by atoms with Crippen LogP contribution in [0.5, 0.6) is 23.0 Å². The van der Waals surface area contributed by atoms with Crippen molar-refractivity contribution in [2.24, 2.45) is 0 Å². The number of carbonyl (C=O) groups excluding carboxylic acids is 1. The van der Waals surface area contributed by atoms with Gasteiger partial charge in [-0.05, 0) is 48.0 Å². The maximum absolute atomic E-state index is 12.6. The van der Waals surface area contributed by atoms with E-state index in [2.05, 4.69) is 5.32 Å². The van der Waals surface area contributed by atoms with Crippen LogP contribution in [0, 0.1) is 0 Å². The lowest BCUT2D eigenvalue weighted by Crippen LogP contribution is -2.17. The summed E-state index contributed by atoms with van der Waals surface area (Å²) < 4.78 is 17.0. The first-order valence-electron chi connectivity index (χ1n) is 8.88. The fourth-order valence-corrected chi connectivity index (χ4v) is 3.05. The maximum atomic E-state index is 12.6. The summed E-state index contributed by atoms with van der Waals surface area (Å²) in [5, 5.41) is 3.39. The Balaban J connectivity index is 1.49. The molecule has 1 amide bonds. The highest BCUT2D eigenvalue weighted by atomic mass is 35.5. The second-order valence-electron chi connectivity index (χ2n) is 6.26. The number of halogens is 1. The van der Waals surface area contributed by atoms with Crippen molar-refractivity contribution in [3.8, 4) is 23.0 Å². The Labute approximate surface area is 167 Å². The number of fused-ring (bicyclic) bond motifs is 1. The number of hydrogen-bond donors (Lipinski definition) is 1. The highest BCUT2D eigenvalue weighted by molar-refractivity contribution is 6.31. The molecular formula is C22H18ClNO4. The zero-order valence-corrected chi connectivity index (χ0v) is 15.7. The van der Waals surface area contributed by atoms with E-state index < -0.39 is 0 Å². The van der Waals surface area contributed by atoms with Crippen LogP contribution in [0.25, 0.3) is 0 Å². The lowest BCUT2D eigenvalue weighted by molar-refractivity contribution is -0.115. The van der Waals surface area contributed by atoms with Crippen LogP contribution < -0.4 is 19.5 Å². The standard InChI is InChI=1S/C22H18ClNO4/c23-16-7-9-19(28-17-4-2-1-3-5-17)18(14-16)24-22(25)13-15-6-8-20-21(12-15)27-11-10-26-20/h1-9,12,14H,10-11,13H2,(H,24,25). The lowest BCUT2D eigenvalue weighted by Gasteiger charge is -2.19. The van der Waals surface area contributed by atoms with Crippen molar-refractivity contribution in [1.82, 2.24) is 0 Å². The number of carbonyl (C=O) groups is 1. The van der Waals surface area contributed by atoms with Gasteiger partial charge in [0.25, 0.3) is 0 Å². The van der Waals surface area contributed by atoms with Gasteiger partial charge in [-0.15, -0.1) is 0 Å². The molecule has 142 valence electrons. The molecule has 0 atom stereocenters. The van der Waals surface area contributed by atoms with Gasteiger partial charge in [0, 0.05) is 5.02 Å². The van der Waals surface area contributed by atoms with Gasteiger partial charge >= 0.3 is 0 Å². The molecule has 28 heavy (non-hydrogen) atoms. The van der Waals surface area contributed by atoms with E-state index in [1.807, 2.05) is 48.5 Å². The van der Waals surface area contributed by atoms with Gasteiger partial charge in [0.2, 0.25) is 5.91 Å². The summed E-state index contributed by atoms with van der Waals surface area (Å²) in [6.07, 6.45) is 0.188. The van der Waals surface area contributed by atoms with E-state index in [1.165, 1.54) is 0 Å². The molecule has 1 aliphatic rings. The minimum absolute atomic E-state index is 0.183. The van der Waals surface area contributed by atoms with E-state index in [-0.39, 0.29) is 12.3 Å². The van der Waals surface area contributed by atoms with Gasteiger partial charge in [-0.3, -0.25) is 4.79 Å². The maximum Gasteiger partial charge on any atom is 0.228 e. The molecule has 0 fully saturated rings. The molecule has 0 saturated carbocycles. The van der Waals surface area contributed by atoms with E-state index in [0.717, 1.165) is 5.56 Å². The third-order valence-electron chi connectivity index (χ3n) is 4.16.